The van der Waals surface area contributed by atoms with E-state index >= 15 is 0 Å². The lowest BCUT2D eigenvalue weighted by Crippen LogP contribution is -2.30. The number of hydrogen-bond acceptors (Lipinski definition) is 2. The third kappa shape index (κ3) is 3.35. The van der Waals surface area contributed by atoms with E-state index in [9.17, 15) is 0 Å². The Hall–Kier alpha value is -1.61. The minimum atomic E-state index is 0.454. The fraction of sp³-hybridized carbons (Fsp3) is 0.389. The first kappa shape index (κ1) is 15.8. The van der Waals surface area contributed by atoms with Crippen LogP contribution >= 0.6 is 12.2 Å². The molecule has 0 spiro atoms. The topological polar surface area (TPSA) is 29.3 Å². The first-order valence-electron chi connectivity index (χ1n) is 7.46. The first-order chi connectivity index (χ1) is 9.91. The van der Waals surface area contributed by atoms with Crippen LogP contribution in [0.5, 0.6) is 0 Å². The van der Waals surface area contributed by atoms with Crippen LogP contribution in [0.1, 0.15) is 32.8 Å². The predicted octanol–water partition coefficient (Wildman–Crippen LogP) is 4.34. The van der Waals surface area contributed by atoms with Gasteiger partial charge in [0.05, 0.1) is 0 Å². The molecule has 2 rings (SSSR count). The van der Waals surface area contributed by atoms with Gasteiger partial charge in [0.25, 0.3) is 0 Å². The highest BCUT2D eigenvalue weighted by Gasteiger charge is 2.15. The van der Waals surface area contributed by atoms with Gasteiger partial charge in [-0.1, -0.05) is 50.3 Å². The van der Waals surface area contributed by atoms with Crippen molar-refractivity contribution in [2.45, 2.75) is 33.2 Å². The molecule has 0 bridgehead atoms. The molecule has 3 heteroatoms. The molecule has 0 heterocycles. The highest BCUT2D eigenvalue weighted by molar-refractivity contribution is 7.80. The van der Waals surface area contributed by atoms with Gasteiger partial charge in [-0.3, -0.25) is 0 Å². The molecule has 112 valence electrons. The van der Waals surface area contributed by atoms with Crippen molar-refractivity contribution < 1.29 is 0 Å². The number of nitrogens with two attached hydrogens (primary N) is 1. The van der Waals surface area contributed by atoms with E-state index < -0.39 is 0 Å². The van der Waals surface area contributed by atoms with Crippen LogP contribution in [0.4, 0.5) is 5.69 Å². The van der Waals surface area contributed by atoms with Crippen LogP contribution in [-0.4, -0.2) is 18.1 Å². The highest BCUT2D eigenvalue weighted by Crippen LogP contribution is 2.30. The van der Waals surface area contributed by atoms with Gasteiger partial charge in [0.2, 0.25) is 0 Å². The van der Waals surface area contributed by atoms with Crippen LogP contribution in [-0.2, 0) is 0 Å². The second kappa shape index (κ2) is 6.44. The summed E-state index contributed by atoms with van der Waals surface area (Å²) in [6, 6.07) is 13.0. The van der Waals surface area contributed by atoms with Crippen LogP contribution in [0, 0.1) is 5.92 Å². The van der Waals surface area contributed by atoms with Crippen LogP contribution in [0.25, 0.3) is 10.8 Å². The largest absolute Gasteiger partial charge is 0.389 e. The molecule has 2 aromatic carbocycles. The van der Waals surface area contributed by atoms with E-state index in [0.717, 1.165) is 10.9 Å². The molecule has 0 aliphatic heterocycles. The number of anilines is 1. The van der Waals surface area contributed by atoms with Gasteiger partial charge in [0.1, 0.15) is 4.99 Å². The predicted molar refractivity (Wildman–Crippen MR) is 97.2 cm³/mol. The average Bonchev–Trinajstić information content (AvgIpc) is 2.44. The molecule has 2 nitrogen and oxygen atoms in total. The Morgan fingerprint density at radius 3 is 2.29 bits per heavy atom. The molecule has 0 saturated carbocycles. The zero-order valence-corrected chi connectivity index (χ0v) is 14.1. The minimum absolute atomic E-state index is 0.454. The Morgan fingerprint density at radius 2 is 1.71 bits per heavy atom. The number of rotatable bonds is 5. The molecule has 0 aliphatic carbocycles. The molecule has 0 fully saturated rings. The fourth-order valence-electron chi connectivity index (χ4n) is 2.88. The first-order valence-corrected chi connectivity index (χ1v) is 7.87. The van der Waals surface area contributed by atoms with Crippen LogP contribution in [0.15, 0.2) is 36.4 Å². The Kier molecular flexibility index (Phi) is 4.84. The van der Waals surface area contributed by atoms with Gasteiger partial charge in [-0.2, -0.15) is 0 Å². The van der Waals surface area contributed by atoms with E-state index in [1.807, 2.05) is 12.1 Å². The SMILES string of the molecule is CC(C)CC(C)N(C)c1ccc(C(N)=S)c2ccccc12. The Bertz CT molecular complexity index is 649. The number of hydrogen-bond donors (Lipinski definition) is 1. The molecule has 0 radical (unpaired) electrons. The molecular weight excluding hydrogens is 276 g/mol. The molecule has 1 unspecified atom stereocenters. The summed E-state index contributed by atoms with van der Waals surface area (Å²) in [5.74, 6) is 0.685. The van der Waals surface area contributed by atoms with Crippen molar-refractivity contribution in [3.8, 4) is 0 Å². The maximum Gasteiger partial charge on any atom is 0.104 e. The van der Waals surface area contributed by atoms with Crippen molar-refractivity contribution in [1.29, 1.82) is 0 Å². The van der Waals surface area contributed by atoms with Gasteiger partial charge in [-0.15, -0.1) is 0 Å². The van der Waals surface area contributed by atoms with Crippen molar-refractivity contribution in [3.63, 3.8) is 0 Å². The number of benzene rings is 2. The molecule has 0 saturated heterocycles. The van der Waals surface area contributed by atoms with Crippen LogP contribution in [0.2, 0.25) is 0 Å². The zero-order valence-electron chi connectivity index (χ0n) is 13.3. The van der Waals surface area contributed by atoms with E-state index in [1.165, 1.54) is 17.5 Å². The summed E-state index contributed by atoms with van der Waals surface area (Å²) >= 11 is 5.17. The van der Waals surface area contributed by atoms with E-state index in [0.29, 0.717) is 16.9 Å². The van der Waals surface area contributed by atoms with Crippen LogP contribution < -0.4 is 10.6 Å². The highest BCUT2D eigenvalue weighted by atomic mass is 32.1. The van der Waals surface area contributed by atoms with Gasteiger partial charge in [0.15, 0.2) is 0 Å². The minimum Gasteiger partial charge on any atom is -0.389 e. The van der Waals surface area contributed by atoms with Gasteiger partial charge >= 0.3 is 0 Å². The Labute approximate surface area is 132 Å². The summed E-state index contributed by atoms with van der Waals surface area (Å²) in [6.45, 7) is 6.80. The lowest BCUT2D eigenvalue weighted by atomic mass is 9.99. The van der Waals surface area contributed by atoms with Gasteiger partial charge in [0, 0.05) is 29.7 Å². The number of fused-ring (bicyclic) bond motifs is 1. The molecule has 0 aromatic heterocycles. The van der Waals surface area contributed by atoms with Gasteiger partial charge < -0.3 is 10.6 Å². The number of thiocarbonyl (C=S) groups is 1. The lowest BCUT2D eigenvalue weighted by molar-refractivity contribution is 0.504. The third-order valence-corrected chi connectivity index (χ3v) is 4.24. The van der Waals surface area contributed by atoms with Gasteiger partial charge in [-0.25, -0.2) is 0 Å². The van der Waals surface area contributed by atoms with E-state index in [4.69, 9.17) is 18.0 Å². The Morgan fingerprint density at radius 1 is 1.10 bits per heavy atom. The average molecular weight is 300 g/mol. The molecule has 21 heavy (non-hydrogen) atoms. The molecule has 1 atom stereocenters. The standard InChI is InChI=1S/C18H24N2S/c1-12(2)11-13(3)20(4)17-10-9-16(18(19)21)14-7-5-6-8-15(14)17/h5-10,12-13H,11H2,1-4H3,(H2,19,21). The zero-order chi connectivity index (χ0) is 15.6. The quantitative estimate of drug-likeness (QED) is 0.833. The summed E-state index contributed by atoms with van der Waals surface area (Å²) in [5.41, 5.74) is 8.04. The van der Waals surface area contributed by atoms with Crippen LogP contribution in [0.3, 0.4) is 0 Å². The summed E-state index contributed by atoms with van der Waals surface area (Å²) in [6.07, 6.45) is 1.17. The van der Waals surface area contributed by atoms with Gasteiger partial charge in [-0.05, 0) is 36.8 Å². The maximum atomic E-state index is 5.85. The van der Waals surface area contributed by atoms with E-state index in [2.05, 4.69) is 57.0 Å². The lowest BCUT2D eigenvalue weighted by Gasteiger charge is -2.30. The summed E-state index contributed by atoms with van der Waals surface area (Å²) in [7, 11) is 2.16. The molecule has 2 aromatic rings. The van der Waals surface area contributed by atoms with E-state index in [1.54, 1.807) is 0 Å². The monoisotopic (exact) mass is 300 g/mol. The maximum absolute atomic E-state index is 5.85. The third-order valence-electron chi connectivity index (χ3n) is 4.02. The molecule has 2 N–H and O–H groups in total. The van der Waals surface area contributed by atoms with Crippen molar-refractivity contribution in [3.05, 3.63) is 42.0 Å². The number of nitrogens with zero attached hydrogens (tertiary/aromatic N) is 1. The second-order valence-corrected chi connectivity index (χ2v) is 6.57. The summed E-state index contributed by atoms with van der Waals surface area (Å²) in [5, 5.41) is 2.34. The van der Waals surface area contributed by atoms with E-state index in [-0.39, 0.29) is 0 Å². The van der Waals surface area contributed by atoms with Crippen molar-refractivity contribution in [2.75, 3.05) is 11.9 Å². The normalized spacial score (nSPS) is 12.6. The smallest absolute Gasteiger partial charge is 0.104 e. The fourth-order valence-corrected chi connectivity index (χ4v) is 3.06. The van der Waals surface area contributed by atoms with Crippen molar-refractivity contribution in [2.24, 2.45) is 11.7 Å². The summed E-state index contributed by atoms with van der Waals surface area (Å²) < 4.78 is 0. The second-order valence-electron chi connectivity index (χ2n) is 6.13. The summed E-state index contributed by atoms with van der Waals surface area (Å²) in [4.78, 5) is 2.81. The molecular formula is C18H24N2S. The Balaban J connectivity index is 2.50. The molecule has 0 aliphatic rings. The van der Waals surface area contributed by atoms with Crippen molar-refractivity contribution >= 4 is 33.7 Å². The van der Waals surface area contributed by atoms with Crippen molar-refractivity contribution in [1.82, 2.24) is 0 Å². The molecule has 0 amide bonds.